The molecular formula is C12H19N5OS. The van der Waals surface area contributed by atoms with Crippen LogP contribution in [-0.4, -0.2) is 27.7 Å². The number of hydrogen-bond acceptors (Lipinski definition) is 6. The van der Waals surface area contributed by atoms with E-state index in [0.717, 1.165) is 36.5 Å². The van der Waals surface area contributed by atoms with Gasteiger partial charge in [0.1, 0.15) is 16.7 Å². The van der Waals surface area contributed by atoms with E-state index in [0.29, 0.717) is 17.6 Å². The first kappa shape index (κ1) is 14.1. The lowest BCUT2D eigenvalue weighted by atomic mass is 10.3. The zero-order chi connectivity index (χ0) is 13.7. The zero-order valence-electron chi connectivity index (χ0n) is 11.0. The van der Waals surface area contributed by atoms with Crippen molar-refractivity contribution in [2.24, 2.45) is 5.84 Å². The van der Waals surface area contributed by atoms with E-state index in [1.807, 2.05) is 0 Å². The predicted octanol–water partition coefficient (Wildman–Crippen LogP) is 1.09. The highest BCUT2D eigenvalue weighted by atomic mass is 32.2. The second-order valence-corrected chi connectivity index (χ2v) is 5.53. The number of aromatic nitrogens is 2. The maximum atomic E-state index is 11.6. The molecule has 1 saturated carbocycles. The molecule has 7 heteroatoms. The second kappa shape index (κ2) is 6.72. The van der Waals surface area contributed by atoms with E-state index in [1.165, 1.54) is 11.8 Å². The fourth-order valence-electron chi connectivity index (χ4n) is 1.59. The summed E-state index contributed by atoms with van der Waals surface area (Å²) < 4.78 is 0. The summed E-state index contributed by atoms with van der Waals surface area (Å²) in [4.78, 5) is 20.3. The van der Waals surface area contributed by atoms with E-state index in [2.05, 4.69) is 27.6 Å². The molecule has 0 radical (unpaired) electrons. The molecule has 1 aromatic heterocycles. The van der Waals surface area contributed by atoms with E-state index in [-0.39, 0.29) is 5.91 Å². The molecule has 0 atom stereocenters. The number of aryl methyl sites for hydroxylation is 1. The van der Waals surface area contributed by atoms with Crippen LogP contribution < -0.4 is 16.6 Å². The third-order valence-corrected chi connectivity index (χ3v) is 3.58. The lowest BCUT2D eigenvalue weighted by Gasteiger charge is -2.07. The quantitative estimate of drug-likeness (QED) is 0.300. The Hall–Kier alpha value is -1.34. The third kappa shape index (κ3) is 4.68. The maximum absolute atomic E-state index is 11.6. The molecule has 2 rings (SSSR count). The Morgan fingerprint density at radius 3 is 2.95 bits per heavy atom. The minimum Gasteiger partial charge on any atom is -0.353 e. The molecule has 6 nitrogen and oxygen atoms in total. The topological polar surface area (TPSA) is 92.9 Å². The number of hydrazine groups is 1. The van der Waals surface area contributed by atoms with Gasteiger partial charge < -0.3 is 10.7 Å². The molecule has 104 valence electrons. The standard InChI is InChI=1S/C12H19N5OS/c1-2-3-9-15-10(17-13)6-12(16-9)19-7-11(18)14-8-4-5-8/h6,8H,2-5,7,13H2,1H3,(H,14,18)(H,15,16,17). The van der Waals surface area contributed by atoms with E-state index < -0.39 is 0 Å². The van der Waals surface area contributed by atoms with E-state index in [9.17, 15) is 4.79 Å². The van der Waals surface area contributed by atoms with Gasteiger partial charge in [-0.1, -0.05) is 18.7 Å². The Morgan fingerprint density at radius 2 is 2.32 bits per heavy atom. The van der Waals surface area contributed by atoms with Gasteiger partial charge >= 0.3 is 0 Å². The average Bonchev–Trinajstić information content (AvgIpc) is 3.20. The van der Waals surface area contributed by atoms with Crippen molar-refractivity contribution in [3.8, 4) is 0 Å². The highest BCUT2D eigenvalue weighted by Gasteiger charge is 2.23. The number of nitrogens with one attached hydrogen (secondary N) is 2. The van der Waals surface area contributed by atoms with Gasteiger partial charge in [-0.05, 0) is 19.3 Å². The van der Waals surface area contributed by atoms with Crippen molar-refractivity contribution in [1.82, 2.24) is 15.3 Å². The van der Waals surface area contributed by atoms with E-state index >= 15 is 0 Å². The van der Waals surface area contributed by atoms with Gasteiger partial charge in [0.2, 0.25) is 5.91 Å². The first-order valence-corrected chi connectivity index (χ1v) is 7.46. The molecule has 1 heterocycles. The molecule has 0 aliphatic heterocycles. The van der Waals surface area contributed by atoms with Crippen molar-refractivity contribution in [3.05, 3.63) is 11.9 Å². The van der Waals surface area contributed by atoms with Gasteiger partial charge in [-0.3, -0.25) is 4.79 Å². The molecule has 4 N–H and O–H groups in total. The maximum Gasteiger partial charge on any atom is 0.230 e. The number of thioether (sulfide) groups is 1. The second-order valence-electron chi connectivity index (χ2n) is 4.53. The van der Waals surface area contributed by atoms with Crippen LogP contribution in [0.3, 0.4) is 0 Å². The largest absolute Gasteiger partial charge is 0.353 e. The Morgan fingerprint density at radius 1 is 1.53 bits per heavy atom. The summed E-state index contributed by atoms with van der Waals surface area (Å²) in [5.74, 6) is 7.16. The van der Waals surface area contributed by atoms with Crippen LogP contribution in [0.1, 0.15) is 32.0 Å². The van der Waals surface area contributed by atoms with Crippen LogP contribution >= 0.6 is 11.8 Å². The van der Waals surface area contributed by atoms with Crippen molar-refractivity contribution in [1.29, 1.82) is 0 Å². The lowest BCUT2D eigenvalue weighted by Crippen LogP contribution is -2.27. The van der Waals surface area contributed by atoms with Crippen LogP contribution in [0.15, 0.2) is 11.1 Å². The minimum absolute atomic E-state index is 0.0606. The summed E-state index contributed by atoms with van der Waals surface area (Å²) in [7, 11) is 0. The molecule has 0 unspecified atom stereocenters. The summed E-state index contributed by atoms with van der Waals surface area (Å²) in [6.45, 7) is 2.07. The van der Waals surface area contributed by atoms with Crippen molar-refractivity contribution in [3.63, 3.8) is 0 Å². The first-order chi connectivity index (χ1) is 9.21. The van der Waals surface area contributed by atoms with E-state index in [1.54, 1.807) is 6.07 Å². The molecular weight excluding hydrogens is 262 g/mol. The summed E-state index contributed by atoms with van der Waals surface area (Å²) in [5.41, 5.74) is 2.53. The van der Waals surface area contributed by atoms with Gasteiger partial charge in [0.05, 0.1) is 5.75 Å². The van der Waals surface area contributed by atoms with Gasteiger partial charge in [0.25, 0.3) is 0 Å². The Labute approximate surface area is 116 Å². The minimum atomic E-state index is 0.0606. The summed E-state index contributed by atoms with van der Waals surface area (Å²) >= 11 is 1.41. The third-order valence-electron chi connectivity index (χ3n) is 2.66. The number of amides is 1. The normalized spacial score (nSPS) is 14.2. The van der Waals surface area contributed by atoms with E-state index in [4.69, 9.17) is 5.84 Å². The number of rotatable bonds is 7. The smallest absolute Gasteiger partial charge is 0.230 e. The molecule has 1 amide bonds. The number of nitrogens with zero attached hydrogens (tertiary/aromatic N) is 2. The summed E-state index contributed by atoms with van der Waals surface area (Å²) in [6, 6.07) is 2.16. The highest BCUT2D eigenvalue weighted by molar-refractivity contribution is 7.99. The fourth-order valence-corrected chi connectivity index (χ4v) is 2.32. The SMILES string of the molecule is CCCc1nc(NN)cc(SCC(=O)NC2CC2)n1. The van der Waals surface area contributed by atoms with Crippen LogP contribution in [0.4, 0.5) is 5.82 Å². The molecule has 0 spiro atoms. The zero-order valence-corrected chi connectivity index (χ0v) is 11.8. The number of hydrogen-bond donors (Lipinski definition) is 3. The van der Waals surface area contributed by atoms with Crippen LogP contribution in [0.5, 0.6) is 0 Å². The molecule has 1 aromatic rings. The lowest BCUT2D eigenvalue weighted by molar-refractivity contribution is -0.118. The van der Waals surface area contributed by atoms with Gasteiger partial charge in [-0.15, -0.1) is 0 Å². The predicted molar refractivity (Wildman–Crippen MR) is 75.7 cm³/mol. The van der Waals surface area contributed by atoms with Crippen LogP contribution in [0.25, 0.3) is 0 Å². The molecule has 0 aromatic carbocycles. The molecule has 19 heavy (non-hydrogen) atoms. The average molecular weight is 281 g/mol. The number of anilines is 1. The monoisotopic (exact) mass is 281 g/mol. The van der Waals surface area contributed by atoms with Crippen LogP contribution in [-0.2, 0) is 11.2 Å². The Balaban J connectivity index is 1.93. The van der Waals surface area contributed by atoms with Gasteiger partial charge in [-0.25, -0.2) is 15.8 Å². The van der Waals surface area contributed by atoms with Crippen molar-refractivity contribution >= 4 is 23.5 Å². The van der Waals surface area contributed by atoms with Crippen molar-refractivity contribution in [2.75, 3.05) is 11.2 Å². The van der Waals surface area contributed by atoms with Crippen LogP contribution in [0, 0.1) is 0 Å². The molecule has 1 aliphatic carbocycles. The van der Waals surface area contributed by atoms with Crippen molar-refractivity contribution < 1.29 is 4.79 Å². The fraction of sp³-hybridized carbons (Fsp3) is 0.583. The van der Waals surface area contributed by atoms with Gasteiger partial charge in [0.15, 0.2) is 0 Å². The van der Waals surface area contributed by atoms with Gasteiger partial charge in [-0.2, -0.15) is 0 Å². The molecule has 0 saturated heterocycles. The molecule has 1 fully saturated rings. The molecule has 0 bridgehead atoms. The van der Waals surface area contributed by atoms with Gasteiger partial charge in [0, 0.05) is 18.5 Å². The van der Waals surface area contributed by atoms with Crippen molar-refractivity contribution in [2.45, 2.75) is 43.7 Å². The number of carbonyl (C=O) groups excluding carboxylic acids is 1. The first-order valence-electron chi connectivity index (χ1n) is 6.48. The summed E-state index contributed by atoms with van der Waals surface area (Å²) in [5, 5.41) is 3.72. The highest BCUT2D eigenvalue weighted by Crippen LogP contribution is 2.21. The Bertz CT molecular complexity index is 450. The Kier molecular flexibility index (Phi) is 4.98. The number of nitrogens with two attached hydrogens (primary N) is 1. The molecule has 1 aliphatic rings. The van der Waals surface area contributed by atoms with Crippen LogP contribution in [0.2, 0.25) is 0 Å². The summed E-state index contributed by atoms with van der Waals surface area (Å²) in [6.07, 6.45) is 3.98. The number of carbonyl (C=O) groups is 1. The number of nitrogen functional groups attached to an aromatic ring is 1.